The van der Waals surface area contributed by atoms with Crippen molar-refractivity contribution in [3.8, 4) is 5.75 Å². The van der Waals surface area contributed by atoms with E-state index in [1.807, 2.05) is 91.0 Å². The molecule has 198 valence electrons. The summed E-state index contributed by atoms with van der Waals surface area (Å²) >= 11 is 3.65. The Kier molecular flexibility index (Phi) is 9.33. The maximum atomic E-state index is 13.9. The molecule has 38 heavy (non-hydrogen) atoms. The second-order valence-corrected chi connectivity index (χ2v) is 10.0. The minimum absolute atomic E-state index is 0.0784. The van der Waals surface area contributed by atoms with Crippen molar-refractivity contribution >= 4 is 33.8 Å². The minimum atomic E-state index is -1.26. The number of rotatable bonds is 11. The van der Waals surface area contributed by atoms with Gasteiger partial charge in [0, 0.05) is 49.1 Å². The number of halogens is 1. The van der Waals surface area contributed by atoms with Gasteiger partial charge in [0.25, 0.3) is 5.91 Å². The normalized spacial score (nSPS) is 18.9. The van der Waals surface area contributed by atoms with Gasteiger partial charge in [0.05, 0.1) is 6.61 Å². The number of hydrazine groups is 1. The van der Waals surface area contributed by atoms with E-state index in [0.29, 0.717) is 31.1 Å². The fourth-order valence-electron chi connectivity index (χ4n) is 4.22. The smallest absolute Gasteiger partial charge is 0.266 e. The molecule has 1 amide bonds. The number of hydrogen-bond acceptors (Lipinski definition) is 6. The molecule has 2 atom stereocenters. The molecule has 0 spiro atoms. The van der Waals surface area contributed by atoms with Crippen LogP contribution in [0.2, 0.25) is 0 Å². The van der Waals surface area contributed by atoms with E-state index >= 15 is 0 Å². The molecule has 4 rings (SSSR count). The van der Waals surface area contributed by atoms with Crippen molar-refractivity contribution in [3.05, 3.63) is 106 Å². The lowest BCUT2D eigenvalue weighted by Crippen LogP contribution is -2.52. The zero-order valence-corrected chi connectivity index (χ0v) is 23.1. The molecule has 0 saturated heterocycles. The van der Waals surface area contributed by atoms with Crippen molar-refractivity contribution in [1.82, 2.24) is 10.4 Å². The van der Waals surface area contributed by atoms with Gasteiger partial charge in [-0.25, -0.2) is 10.0 Å². The molecule has 7 nitrogen and oxygen atoms in total. The summed E-state index contributed by atoms with van der Waals surface area (Å²) < 4.78 is 13.0. The van der Waals surface area contributed by atoms with E-state index in [0.717, 1.165) is 21.2 Å². The molecule has 0 aliphatic carbocycles. The third-order valence-electron chi connectivity index (χ3n) is 6.08. The van der Waals surface area contributed by atoms with Gasteiger partial charge in [0.15, 0.2) is 11.6 Å². The van der Waals surface area contributed by atoms with E-state index in [1.54, 1.807) is 19.1 Å². The number of amides is 1. The number of ether oxygens (including phenoxy) is 2. The van der Waals surface area contributed by atoms with Crippen LogP contribution < -0.4 is 10.2 Å². The molecule has 3 aromatic carbocycles. The van der Waals surface area contributed by atoms with Gasteiger partial charge in [-0.3, -0.25) is 10.2 Å². The minimum Gasteiger partial charge on any atom is -0.494 e. The first kappa shape index (κ1) is 27.6. The van der Waals surface area contributed by atoms with Crippen molar-refractivity contribution in [2.24, 2.45) is 4.99 Å². The number of aliphatic hydroxyl groups is 1. The number of benzene rings is 3. The lowest BCUT2D eigenvalue weighted by molar-refractivity contribution is -0.132. The number of nitrogens with zero attached hydrogens (tertiary/aromatic N) is 2. The highest BCUT2D eigenvalue weighted by Crippen LogP contribution is 2.45. The molecule has 0 bridgehead atoms. The van der Waals surface area contributed by atoms with Gasteiger partial charge in [0.1, 0.15) is 5.75 Å². The topological polar surface area (TPSA) is 83.4 Å². The van der Waals surface area contributed by atoms with Gasteiger partial charge in [-0.05, 0) is 35.9 Å². The Labute approximate surface area is 231 Å². The van der Waals surface area contributed by atoms with Crippen molar-refractivity contribution in [1.29, 1.82) is 0 Å². The molecule has 0 radical (unpaired) electrons. The van der Waals surface area contributed by atoms with Gasteiger partial charge in [-0.15, -0.1) is 0 Å². The summed E-state index contributed by atoms with van der Waals surface area (Å²) in [4.78, 5) is 18.9. The Balaban J connectivity index is 1.74. The van der Waals surface area contributed by atoms with Crippen LogP contribution in [0.4, 0.5) is 0 Å². The van der Waals surface area contributed by atoms with E-state index in [9.17, 15) is 4.79 Å². The Morgan fingerprint density at radius 3 is 2.50 bits per heavy atom. The summed E-state index contributed by atoms with van der Waals surface area (Å²) in [6.07, 6.45) is 4.18. The standard InChI is InChI=1S/C30H32BrN3O4/c1-34(2)33-29(36)30(19-8-12-22-10-4-3-5-11-22)27(25-13-6-7-14-26(25)31)38-28(32-30)23-15-17-24(18-16-23)37-21-9-20-35/h3-8,10-18,27,35H,9,19-21H2,1-2H3,(H,33,36)/b12-8+/t27-,30-/m0/s1. The fraction of sp³-hybridized carbons (Fsp3) is 0.267. The number of nitrogens with one attached hydrogen (secondary N) is 1. The summed E-state index contributed by atoms with van der Waals surface area (Å²) in [5.74, 6) is 0.806. The molecule has 1 aliphatic rings. The Morgan fingerprint density at radius 1 is 1.11 bits per heavy atom. The second-order valence-electron chi connectivity index (χ2n) is 9.16. The average Bonchev–Trinajstić information content (AvgIpc) is 3.30. The van der Waals surface area contributed by atoms with Crippen LogP contribution in [-0.4, -0.2) is 54.8 Å². The maximum absolute atomic E-state index is 13.9. The first-order valence-corrected chi connectivity index (χ1v) is 13.3. The van der Waals surface area contributed by atoms with Crippen molar-refractivity contribution in [2.75, 3.05) is 27.3 Å². The first-order chi connectivity index (χ1) is 18.4. The van der Waals surface area contributed by atoms with Crippen molar-refractivity contribution in [2.45, 2.75) is 24.5 Å². The summed E-state index contributed by atoms with van der Waals surface area (Å²) in [7, 11) is 3.55. The third kappa shape index (κ3) is 6.51. The van der Waals surface area contributed by atoms with Crippen LogP contribution in [0.25, 0.3) is 6.08 Å². The fourth-order valence-corrected chi connectivity index (χ4v) is 4.71. The quantitative estimate of drug-likeness (QED) is 0.243. The predicted molar refractivity (Wildman–Crippen MR) is 153 cm³/mol. The summed E-state index contributed by atoms with van der Waals surface area (Å²) in [5.41, 5.74) is 4.27. The van der Waals surface area contributed by atoms with Crippen LogP contribution in [0, 0.1) is 0 Å². The molecule has 1 heterocycles. The van der Waals surface area contributed by atoms with Gasteiger partial charge in [-0.2, -0.15) is 0 Å². The van der Waals surface area contributed by atoms with Gasteiger partial charge >= 0.3 is 0 Å². The molecule has 1 aliphatic heterocycles. The van der Waals surface area contributed by atoms with Crippen molar-refractivity contribution in [3.63, 3.8) is 0 Å². The number of carbonyl (C=O) groups excluding carboxylic acids is 1. The summed E-state index contributed by atoms with van der Waals surface area (Å²) in [6, 6.07) is 25.1. The predicted octanol–water partition coefficient (Wildman–Crippen LogP) is 5.16. The summed E-state index contributed by atoms with van der Waals surface area (Å²) in [6.45, 7) is 0.508. The number of aliphatic imine (C=N–C) groups is 1. The summed E-state index contributed by atoms with van der Waals surface area (Å²) in [5, 5.41) is 10.6. The van der Waals surface area contributed by atoms with Gasteiger partial charge in [-0.1, -0.05) is 76.6 Å². The lowest BCUT2D eigenvalue weighted by Gasteiger charge is -2.31. The Morgan fingerprint density at radius 2 is 1.82 bits per heavy atom. The largest absolute Gasteiger partial charge is 0.494 e. The highest BCUT2D eigenvalue weighted by atomic mass is 79.9. The molecule has 0 aromatic heterocycles. The zero-order chi connectivity index (χ0) is 27.0. The first-order valence-electron chi connectivity index (χ1n) is 12.5. The van der Waals surface area contributed by atoms with Gasteiger partial charge < -0.3 is 14.6 Å². The SMILES string of the molecule is CN(C)NC(=O)[C@@]1(C/C=C/c2ccccc2)N=C(c2ccc(OCCCO)cc2)O[C@H]1c1ccccc1Br. The van der Waals surface area contributed by atoms with Crippen LogP contribution in [0.1, 0.15) is 35.6 Å². The lowest BCUT2D eigenvalue weighted by atomic mass is 9.84. The molecule has 0 saturated carbocycles. The Hall–Kier alpha value is -3.46. The number of hydrogen-bond donors (Lipinski definition) is 2. The van der Waals surface area contributed by atoms with Crippen LogP contribution >= 0.6 is 15.9 Å². The third-order valence-corrected chi connectivity index (χ3v) is 6.80. The number of aliphatic hydroxyl groups excluding tert-OH is 1. The molecular weight excluding hydrogens is 546 g/mol. The van der Waals surface area contributed by atoms with E-state index < -0.39 is 11.6 Å². The maximum Gasteiger partial charge on any atom is 0.266 e. The zero-order valence-electron chi connectivity index (χ0n) is 21.5. The van der Waals surface area contributed by atoms with Crippen LogP contribution in [0.5, 0.6) is 5.75 Å². The molecule has 8 heteroatoms. The average molecular weight is 579 g/mol. The number of carbonyl (C=O) groups is 1. The molecule has 0 fully saturated rings. The van der Waals surface area contributed by atoms with Gasteiger partial charge in [0.2, 0.25) is 5.90 Å². The van der Waals surface area contributed by atoms with Crippen LogP contribution in [0.3, 0.4) is 0 Å². The molecule has 0 unspecified atom stereocenters. The van der Waals surface area contributed by atoms with E-state index in [-0.39, 0.29) is 12.5 Å². The van der Waals surface area contributed by atoms with E-state index in [1.165, 1.54) is 0 Å². The highest BCUT2D eigenvalue weighted by Gasteiger charge is 2.53. The molecule has 2 N–H and O–H groups in total. The second kappa shape index (κ2) is 12.9. The van der Waals surface area contributed by atoms with E-state index in [4.69, 9.17) is 19.6 Å². The molecular formula is C30H32BrN3O4. The monoisotopic (exact) mass is 577 g/mol. The Bertz CT molecular complexity index is 1280. The van der Waals surface area contributed by atoms with Crippen LogP contribution in [0.15, 0.2) is 94.4 Å². The van der Waals surface area contributed by atoms with Crippen LogP contribution in [-0.2, 0) is 9.53 Å². The van der Waals surface area contributed by atoms with Crippen molar-refractivity contribution < 1.29 is 19.4 Å². The highest BCUT2D eigenvalue weighted by molar-refractivity contribution is 9.10. The van der Waals surface area contributed by atoms with E-state index in [2.05, 4.69) is 21.4 Å². The molecule has 3 aromatic rings.